The molecule has 14 heavy (non-hydrogen) atoms. The predicted molar refractivity (Wildman–Crippen MR) is 63.5 cm³/mol. The molecule has 1 heteroatoms. The molecule has 0 aromatic carbocycles. The average Bonchev–Trinajstić information content (AvgIpc) is 2.06. The SMILES string of the molecule is CCCN1CCC(=CC(C)(C)C)CC1. The van der Waals surface area contributed by atoms with E-state index in [1.807, 2.05) is 0 Å². The zero-order valence-corrected chi connectivity index (χ0v) is 10.3. The maximum Gasteiger partial charge on any atom is 0.00187 e. The summed E-state index contributed by atoms with van der Waals surface area (Å²) >= 11 is 0. The first-order valence-electron chi connectivity index (χ1n) is 5.94. The topological polar surface area (TPSA) is 3.24 Å². The number of allylic oxidation sites excluding steroid dienone is 1. The van der Waals surface area contributed by atoms with Gasteiger partial charge in [-0.05, 0) is 31.2 Å². The molecular weight excluding hydrogens is 170 g/mol. The highest BCUT2D eigenvalue weighted by Crippen LogP contribution is 2.24. The fraction of sp³-hybridized carbons (Fsp3) is 0.846. The molecule has 0 saturated carbocycles. The second kappa shape index (κ2) is 4.97. The first-order chi connectivity index (χ1) is 6.51. The number of hydrogen-bond acceptors (Lipinski definition) is 1. The third-order valence-corrected chi connectivity index (χ3v) is 2.68. The van der Waals surface area contributed by atoms with Crippen molar-refractivity contribution in [3.63, 3.8) is 0 Å². The quantitative estimate of drug-likeness (QED) is 0.610. The number of hydrogen-bond donors (Lipinski definition) is 0. The minimum Gasteiger partial charge on any atom is -0.303 e. The van der Waals surface area contributed by atoms with Gasteiger partial charge in [-0.15, -0.1) is 0 Å². The van der Waals surface area contributed by atoms with Crippen LogP contribution in [0.3, 0.4) is 0 Å². The molecule has 82 valence electrons. The van der Waals surface area contributed by atoms with E-state index in [9.17, 15) is 0 Å². The first kappa shape index (κ1) is 11.8. The molecule has 0 spiro atoms. The number of likely N-dealkylation sites (tertiary alicyclic amines) is 1. The Hall–Kier alpha value is -0.300. The van der Waals surface area contributed by atoms with Gasteiger partial charge in [-0.3, -0.25) is 0 Å². The van der Waals surface area contributed by atoms with E-state index in [1.54, 1.807) is 5.57 Å². The summed E-state index contributed by atoms with van der Waals surface area (Å²) in [6, 6.07) is 0. The number of piperidine rings is 1. The van der Waals surface area contributed by atoms with E-state index in [-0.39, 0.29) is 0 Å². The lowest BCUT2D eigenvalue weighted by Gasteiger charge is -2.29. The molecule has 1 heterocycles. The molecule has 0 N–H and O–H groups in total. The molecule has 0 atom stereocenters. The Morgan fingerprint density at radius 1 is 1.21 bits per heavy atom. The molecule has 0 unspecified atom stereocenters. The first-order valence-corrected chi connectivity index (χ1v) is 5.94. The van der Waals surface area contributed by atoms with Crippen molar-refractivity contribution in [1.82, 2.24) is 4.90 Å². The molecule has 1 fully saturated rings. The smallest absolute Gasteiger partial charge is 0.00187 e. The van der Waals surface area contributed by atoms with Gasteiger partial charge >= 0.3 is 0 Å². The summed E-state index contributed by atoms with van der Waals surface area (Å²) < 4.78 is 0. The molecule has 0 amide bonds. The Morgan fingerprint density at radius 3 is 2.21 bits per heavy atom. The van der Waals surface area contributed by atoms with Gasteiger partial charge in [0.05, 0.1) is 0 Å². The van der Waals surface area contributed by atoms with Crippen LogP contribution in [0, 0.1) is 5.41 Å². The Labute approximate surface area is 89.2 Å². The van der Waals surface area contributed by atoms with Gasteiger partial charge in [0.1, 0.15) is 0 Å². The molecule has 1 saturated heterocycles. The fourth-order valence-corrected chi connectivity index (χ4v) is 2.14. The summed E-state index contributed by atoms with van der Waals surface area (Å²) in [5, 5.41) is 0. The van der Waals surface area contributed by atoms with Crippen LogP contribution in [0.15, 0.2) is 11.6 Å². The summed E-state index contributed by atoms with van der Waals surface area (Å²) in [7, 11) is 0. The van der Waals surface area contributed by atoms with Gasteiger partial charge in [-0.1, -0.05) is 39.3 Å². The van der Waals surface area contributed by atoms with Gasteiger partial charge < -0.3 is 4.90 Å². The van der Waals surface area contributed by atoms with Gasteiger partial charge in [0, 0.05) is 13.1 Å². The largest absolute Gasteiger partial charge is 0.303 e. The molecule has 0 aliphatic carbocycles. The van der Waals surface area contributed by atoms with E-state index in [1.165, 1.54) is 38.9 Å². The second-order valence-corrected chi connectivity index (χ2v) is 5.51. The Bertz CT molecular complexity index is 188. The van der Waals surface area contributed by atoms with Gasteiger partial charge in [-0.2, -0.15) is 0 Å². The number of rotatable bonds is 2. The van der Waals surface area contributed by atoms with Crippen LogP contribution < -0.4 is 0 Å². The highest BCUT2D eigenvalue weighted by Gasteiger charge is 2.15. The summed E-state index contributed by atoms with van der Waals surface area (Å²) in [6.07, 6.45) is 6.34. The van der Waals surface area contributed by atoms with Crippen LogP contribution in [-0.4, -0.2) is 24.5 Å². The molecule has 1 rings (SSSR count). The monoisotopic (exact) mass is 195 g/mol. The third kappa shape index (κ3) is 4.28. The molecule has 0 aromatic rings. The normalized spacial score (nSPS) is 19.9. The van der Waals surface area contributed by atoms with E-state index in [2.05, 4.69) is 38.7 Å². The van der Waals surface area contributed by atoms with Crippen LogP contribution in [-0.2, 0) is 0 Å². The van der Waals surface area contributed by atoms with Gasteiger partial charge in [0.15, 0.2) is 0 Å². The zero-order chi connectivity index (χ0) is 10.6. The zero-order valence-electron chi connectivity index (χ0n) is 10.3. The van der Waals surface area contributed by atoms with Crippen LogP contribution in [0.4, 0.5) is 0 Å². The molecule has 0 aromatic heterocycles. The van der Waals surface area contributed by atoms with Crippen molar-refractivity contribution in [2.45, 2.75) is 47.0 Å². The van der Waals surface area contributed by atoms with Crippen molar-refractivity contribution < 1.29 is 0 Å². The van der Waals surface area contributed by atoms with Gasteiger partial charge in [-0.25, -0.2) is 0 Å². The van der Waals surface area contributed by atoms with Crippen molar-refractivity contribution in [2.75, 3.05) is 19.6 Å². The van der Waals surface area contributed by atoms with E-state index in [0.29, 0.717) is 5.41 Å². The van der Waals surface area contributed by atoms with Crippen molar-refractivity contribution >= 4 is 0 Å². The summed E-state index contributed by atoms with van der Waals surface area (Å²) in [5.41, 5.74) is 2.03. The van der Waals surface area contributed by atoms with Crippen LogP contribution in [0.2, 0.25) is 0 Å². The maximum absolute atomic E-state index is 2.58. The molecule has 1 aliphatic heterocycles. The number of nitrogens with zero attached hydrogens (tertiary/aromatic N) is 1. The summed E-state index contributed by atoms with van der Waals surface area (Å²) in [5.74, 6) is 0. The van der Waals surface area contributed by atoms with Crippen LogP contribution >= 0.6 is 0 Å². The molecule has 1 aliphatic rings. The highest BCUT2D eigenvalue weighted by molar-refractivity contribution is 5.09. The standard InChI is InChI=1S/C13H25N/c1-5-8-14-9-6-12(7-10-14)11-13(2,3)4/h11H,5-10H2,1-4H3. The Morgan fingerprint density at radius 2 is 1.79 bits per heavy atom. The Balaban J connectivity index is 2.39. The lowest BCUT2D eigenvalue weighted by atomic mass is 9.90. The molecular formula is C13H25N. The molecule has 1 nitrogen and oxygen atoms in total. The summed E-state index contributed by atoms with van der Waals surface area (Å²) in [6.45, 7) is 13.0. The van der Waals surface area contributed by atoms with E-state index in [0.717, 1.165) is 0 Å². The lowest BCUT2D eigenvalue weighted by molar-refractivity contribution is 0.255. The van der Waals surface area contributed by atoms with Crippen LogP contribution in [0.25, 0.3) is 0 Å². The molecule has 0 radical (unpaired) electrons. The minimum atomic E-state index is 0.363. The van der Waals surface area contributed by atoms with E-state index in [4.69, 9.17) is 0 Å². The van der Waals surface area contributed by atoms with Crippen molar-refractivity contribution in [3.05, 3.63) is 11.6 Å². The minimum absolute atomic E-state index is 0.363. The van der Waals surface area contributed by atoms with E-state index < -0.39 is 0 Å². The van der Waals surface area contributed by atoms with E-state index >= 15 is 0 Å². The van der Waals surface area contributed by atoms with Crippen LogP contribution in [0.5, 0.6) is 0 Å². The van der Waals surface area contributed by atoms with Crippen molar-refractivity contribution in [3.8, 4) is 0 Å². The predicted octanol–water partition coefficient (Wildman–Crippen LogP) is 3.46. The Kier molecular flexibility index (Phi) is 4.18. The lowest BCUT2D eigenvalue weighted by Crippen LogP contribution is -2.31. The third-order valence-electron chi connectivity index (χ3n) is 2.68. The second-order valence-electron chi connectivity index (χ2n) is 5.51. The van der Waals surface area contributed by atoms with Gasteiger partial charge in [0.2, 0.25) is 0 Å². The fourth-order valence-electron chi connectivity index (χ4n) is 2.14. The maximum atomic E-state index is 2.58. The summed E-state index contributed by atoms with van der Waals surface area (Å²) in [4.78, 5) is 2.58. The molecule has 0 bridgehead atoms. The van der Waals surface area contributed by atoms with Crippen molar-refractivity contribution in [2.24, 2.45) is 5.41 Å². The average molecular weight is 195 g/mol. The van der Waals surface area contributed by atoms with Crippen molar-refractivity contribution in [1.29, 1.82) is 0 Å². The van der Waals surface area contributed by atoms with Gasteiger partial charge in [0.25, 0.3) is 0 Å². The van der Waals surface area contributed by atoms with Crippen LogP contribution in [0.1, 0.15) is 47.0 Å². The highest BCUT2D eigenvalue weighted by atomic mass is 15.1.